The van der Waals surface area contributed by atoms with Gasteiger partial charge in [0.2, 0.25) is 5.91 Å². The first-order chi connectivity index (χ1) is 8.95. The van der Waals surface area contributed by atoms with Crippen LogP contribution in [0.25, 0.3) is 0 Å². The Labute approximate surface area is 114 Å². The number of halogens is 2. The second kappa shape index (κ2) is 5.83. The quantitative estimate of drug-likeness (QED) is 0.755. The van der Waals surface area contributed by atoms with Crippen LogP contribution in [0.3, 0.4) is 0 Å². The predicted octanol–water partition coefficient (Wildman–Crippen LogP) is 0.455. The predicted molar refractivity (Wildman–Crippen MR) is 68.5 cm³/mol. The van der Waals surface area contributed by atoms with E-state index in [1.807, 2.05) is 0 Å². The van der Waals surface area contributed by atoms with Crippen molar-refractivity contribution in [3.63, 3.8) is 0 Å². The molecule has 5 nitrogen and oxygen atoms in total. The summed E-state index contributed by atoms with van der Waals surface area (Å²) >= 11 is 5.60. The van der Waals surface area contributed by atoms with E-state index >= 15 is 0 Å². The highest BCUT2D eigenvalue weighted by Gasteiger charge is 2.30. The number of carbonyl (C=O) groups excluding carboxylic acids is 1. The van der Waals surface area contributed by atoms with Crippen molar-refractivity contribution in [3.8, 4) is 0 Å². The van der Waals surface area contributed by atoms with Crippen molar-refractivity contribution >= 4 is 23.2 Å². The van der Waals surface area contributed by atoms with E-state index in [9.17, 15) is 19.4 Å². The van der Waals surface area contributed by atoms with Crippen molar-refractivity contribution in [1.82, 2.24) is 4.90 Å². The SMILES string of the molecule is O=C(CN1CC(O)C(O)C1)Nc1ccc(F)c(Cl)c1. The minimum absolute atomic E-state index is 0.0448. The second-order valence-corrected chi connectivity index (χ2v) is 4.91. The van der Waals surface area contributed by atoms with Gasteiger partial charge < -0.3 is 15.5 Å². The first-order valence-corrected chi connectivity index (χ1v) is 6.17. The number of hydrogen-bond acceptors (Lipinski definition) is 4. The molecular formula is C12H14ClFN2O3. The lowest BCUT2D eigenvalue weighted by molar-refractivity contribution is -0.117. The molecular weight excluding hydrogens is 275 g/mol. The minimum atomic E-state index is -0.826. The van der Waals surface area contributed by atoms with E-state index in [1.165, 1.54) is 18.2 Å². The average Bonchev–Trinajstić information content (AvgIpc) is 2.63. The summed E-state index contributed by atoms with van der Waals surface area (Å²) < 4.78 is 12.9. The summed E-state index contributed by atoms with van der Waals surface area (Å²) in [7, 11) is 0. The molecule has 1 aliphatic rings. The summed E-state index contributed by atoms with van der Waals surface area (Å²) in [6, 6.07) is 3.90. The molecule has 0 spiro atoms. The number of carbonyl (C=O) groups is 1. The second-order valence-electron chi connectivity index (χ2n) is 4.51. The van der Waals surface area contributed by atoms with E-state index in [2.05, 4.69) is 5.32 Å². The summed E-state index contributed by atoms with van der Waals surface area (Å²) in [5, 5.41) is 21.2. The molecule has 1 heterocycles. The highest BCUT2D eigenvalue weighted by Crippen LogP contribution is 2.19. The van der Waals surface area contributed by atoms with Crippen LogP contribution in [0.1, 0.15) is 0 Å². The van der Waals surface area contributed by atoms with Gasteiger partial charge in [0.15, 0.2) is 0 Å². The minimum Gasteiger partial charge on any atom is -0.389 e. The Balaban J connectivity index is 1.89. The van der Waals surface area contributed by atoms with Gasteiger partial charge in [0.25, 0.3) is 0 Å². The fraction of sp³-hybridized carbons (Fsp3) is 0.417. The molecule has 0 aromatic heterocycles. The highest BCUT2D eigenvalue weighted by atomic mass is 35.5. The third-order valence-electron chi connectivity index (χ3n) is 2.91. The highest BCUT2D eigenvalue weighted by molar-refractivity contribution is 6.31. The van der Waals surface area contributed by atoms with Crippen LogP contribution in [-0.4, -0.2) is 52.9 Å². The molecule has 1 amide bonds. The molecule has 19 heavy (non-hydrogen) atoms. The third-order valence-corrected chi connectivity index (χ3v) is 3.19. The maximum absolute atomic E-state index is 12.9. The monoisotopic (exact) mass is 288 g/mol. The summed E-state index contributed by atoms with van der Waals surface area (Å²) in [6.07, 6.45) is -1.65. The molecule has 1 saturated heterocycles. The van der Waals surface area contributed by atoms with Crippen molar-refractivity contribution in [2.75, 3.05) is 25.0 Å². The number of likely N-dealkylation sites (tertiary alicyclic amines) is 1. The number of aliphatic hydroxyl groups excluding tert-OH is 2. The van der Waals surface area contributed by atoms with Gasteiger partial charge in [-0.3, -0.25) is 9.69 Å². The van der Waals surface area contributed by atoms with Gasteiger partial charge in [-0.15, -0.1) is 0 Å². The zero-order chi connectivity index (χ0) is 14.0. The van der Waals surface area contributed by atoms with Gasteiger partial charge in [0.1, 0.15) is 5.82 Å². The Kier molecular flexibility index (Phi) is 4.36. The number of rotatable bonds is 3. The number of amides is 1. The molecule has 1 fully saturated rings. The van der Waals surface area contributed by atoms with Crippen LogP contribution in [0.2, 0.25) is 5.02 Å². The largest absolute Gasteiger partial charge is 0.389 e. The molecule has 3 N–H and O–H groups in total. The maximum Gasteiger partial charge on any atom is 0.238 e. The van der Waals surface area contributed by atoms with E-state index in [0.717, 1.165) is 0 Å². The molecule has 2 unspecified atom stereocenters. The first-order valence-electron chi connectivity index (χ1n) is 5.79. The van der Waals surface area contributed by atoms with Crippen LogP contribution in [0, 0.1) is 5.82 Å². The van der Waals surface area contributed by atoms with Gasteiger partial charge in [-0.2, -0.15) is 0 Å². The maximum atomic E-state index is 12.9. The van der Waals surface area contributed by atoms with Crippen LogP contribution < -0.4 is 5.32 Å². The smallest absolute Gasteiger partial charge is 0.238 e. The fourth-order valence-electron chi connectivity index (χ4n) is 1.95. The van der Waals surface area contributed by atoms with Gasteiger partial charge in [-0.1, -0.05) is 11.6 Å². The normalized spacial score (nSPS) is 23.6. The lowest BCUT2D eigenvalue weighted by Gasteiger charge is -2.14. The van der Waals surface area contributed by atoms with Gasteiger partial charge in [-0.05, 0) is 18.2 Å². The number of hydrogen-bond donors (Lipinski definition) is 3. The number of nitrogens with one attached hydrogen (secondary N) is 1. The third kappa shape index (κ3) is 3.63. The van der Waals surface area contributed by atoms with Crippen molar-refractivity contribution < 1.29 is 19.4 Å². The van der Waals surface area contributed by atoms with E-state index in [4.69, 9.17) is 11.6 Å². The lowest BCUT2D eigenvalue weighted by Crippen LogP contribution is -2.32. The van der Waals surface area contributed by atoms with Crippen LogP contribution >= 0.6 is 11.6 Å². The van der Waals surface area contributed by atoms with E-state index in [-0.39, 0.29) is 30.6 Å². The summed E-state index contributed by atoms with van der Waals surface area (Å²) in [4.78, 5) is 13.4. The molecule has 1 aliphatic heterocycles. The summed E-state index contributed by atoms with van der Waals surface area (Å²) in [6.45, 7) is 0.542. The van der Waals surface area contributed by atoms with Gasteiger partial charge >= 0.3 is 0 Å². The Morgan fingerprint density at radius 2 is 2.05 bits per heavy atom. The number of benzene rings is 1. The zero-order valence-corrected chi connectivity index (χ0v) is 10.8. The lowest BCUT2D eigenvalue weighted by atomic mass is 10.3. The summed E-state index contributed by atoms with van der Waals surface area (Å²) in [5.74, 6) is -0.866. The number of nitrogens with zero attached hydrogens (tertiary/aromatic N) is 1. The molecule has 2 rings (SSSR count). The number of aliphatic hydroxyl groups is 2. The van der Waals surface area contributed by atoms with Crippen molar-refractivity contribution in [3.05, 3.63) is 29.0 Å². The zero-order valence-electron chi connectivity index (χ0n) is 10.0. The Bertz CT molecular complexity index is 476. The standard InChI is InChI=1S/C12H14ClFN2O3/c13-8-3-7(1-2-9(8)14)15-12(19)6-16-4-10(17)11(18)5-16/h1-3,10-11,17-18H,4-6H2,(H,15,19). The Morgan fingerprint density at radius 3 is 2.63 bits per heavy atom. The van der Waals surface area contributed by atoms with Gasteiger partial charge in [-0.25, -0.2) is 4.39 Å². The van der Waals surface area contributed by atoms with Crippen molar-refractivity contribution in [2.24, 2.45) is 0 Å². The fourth-order valence-corrected chi connectivity index (χ4v) is 2.13. The molecule has 0 saturated carbocycles. The van der Waals surface area contributed by atoms with Crippen LogP contribution in [0.15, 0.2) is 18.2 Å². The van der Waals surface area contributed by atoms with E-state index in [0.29, 0.717) is 5.69 Å². The van der Waals surface area contributed by atoms with E-state index < -0.39 is 18.0 Å². The average molecular weight is 289 g/mol. The number of anilines is 1. The van der Waals surface area contributed by atoms with Gasteiger partial charge in [0, 0.05) is 18.8 Å². The molecule has 104 valence electrons. The molecule has 0 aliphatic carbocycles. The molecule has 7 heteroatoms. The van der Waals surface area contributed by atoms with Crippen molar-refractivity contribution in [2.45, 2.75) is 12.2 Å². The topological polar surface area (TPSA) is 72.8 Å². The first kappa shape index (κ1) is 14.2. The van der Waals surface area contributed by atoms with Crippen LogP contribution in [0.4, 0.5) is 10.1 Å². The summed E-state index contributed by atoms with van der Waals surface area (Å²) in [5.41, 5.74) is 0.400. The molecule has 2 atom stereocenters. The van der Waals surface area contributed by atoms with Crippen LogP contribution in [-0.2, 0) is 4.79 Å². The Morgan fingerprint density at radius 1 is 1.42 bits per heavy atom. The van der Waals surface area contributed by atoms with Crippen LogP contribution in [0.5, 0.6) is 0 Å². The van der Waals surface area contributed by atoms with Crippen molar-refractivity contribution in [1.29, 1.82) is 0 Å². The van der Waals surface area contributed by atoms with Gasteiger partial charge in [0.05, 0.1) is 23.8 Å². The molecule has 0 radical (unpaired) electrons. The van der Waals surface area contributed by atoms with E-state index in [1.54, 1.807) is 4.90 Å². The molecule has 0 bridgehead atoms. The Hall–Kier alpha value is -1.21. The molecule has 1 aromatic carbocycles. The number of β-amino-alcohol motifs (C(OH)–C–C–N with tert-alkyl or cyclic N) is 2. The molecule has 1 aromatic rings.